The first kappa shape index (κ1) is 19.4. The molecule has 0 fully saturated rings. The highest BCUT2D eigenvalue weighted by atomic mass is 16.5. The molecule has 0 heterocycles. The van der Waals surface area contributed by atoms with Crippen molar-refractivity contribution in [3.05, 3.63) is 41.5 Å². The summed E-state index contributed by atoms with van der Waals surface area (Å²) in [6, 6.07) is 9.62. The summed E-state index contributed by atoms with van der Waals surface area (Å²) in [4.78, 5) is 12.2. The monoisotopic (exact) mass is 358 g/mol. The molecule has 2 N–H and O–H groups in total. The third kappa shape index (κ3) is 4.81. The van der Waals surface area contributed by atoms with Crippen molar-refractivity contribution in [2.45, 2.75) is 20.3 Å². The van der Waals surface area contributed by atoms with E-state index in [1.165, 1.54) is 26.9 Å². The molecule has 0 spiro atoms. The van der Waals surface area contributed by atoms with Crippen LogP contribution in [0.4, 0.5) is 11.4 Å². The number of hydrogen-bond donors (Lipinski definition) is 2. The number of ether oxygens (including phenoxy) is 3. The van der Waals surface area contributed by atoms with Crippen LogP contribution in [0.1, 0.15) is 17.5 Å². The number of hydrogen-bond acceptors (Lipinski definition) is 5. The Hall–Kier alpha value is -2.89. The molecule has 0 aliphatic carbocycles. The molecule has 140 valence electrons. The first-order valence-corrected chi connectivity index (χ1v) is 8.39. The second kappa shape index (κ2) is 8.99. The maximum atomic E-state index is 12.2. The highest BCUT2D eigenvalue weighted by Gasteiger charge is 2.14. The number of methoxy groups -OCH3 is 3. The zero-order chi connectivity index (χ0) is 19.1. The summed E-state index contributed by atoms with van der Waals surface area (Å²) in [7, 11) is 4.62. The third-order valence-corrected chi connectivity index (χ3v) is 4.01. The van der Waals surface area contributed by atoms with Gasteiger partial charge in [-0.1, -0.05) is 12.1 Å². The van der Waals surface area contributed by atoms with Gasteiger partial charge < -0.3 is 24.8 Å². The van der Waals surface area contributed by atoms with Crippen LogP contribution in [0.15, 0.2) is 30.3 Å². The van der Waals surface area contributed by atoms with Gasteiger partial charge in [-0.05, 0) is 31.0 Å². The van der Waals surface area contributed by atoms with E-state index in [4.69, 9.17) is 14.2 Å². The van der Waals surface area contributed by atoms with E-state index < -0.39 is 0 Å². The van der Waals surface area contributed by atoms with Crippen molar-refractivity contribution in [2.75, 3.05) is 38.5 Å². The molecule has 2 aromatic rings. The fourth-order valence-corrected chi connectivity index (χ4v) is 2.61. The number of rotatable bonds is 8. The van der Waals surface area contributed by atoms with Gasteiger partial charge in [-0.2, -0.15) is 0 Å². The van der Waals surface area contributed by atoms with Crippen LogP contribution in [0.5, 0.6) is 17.2 Å². The van der Waals surface area contributed by atoms with Gasteiger partial charge in [0.25, 0.3) is 0 Å². The van der Waals surface area contributed by atoms with E-state index in [-0.39, 0.29) is 5.91 Å². The summed E-state index contributed by atoms with van der Waals surface area (Å²) in [6.45, 7) is 4.63. The molecule has 0 saturated heterocycles. The molecule has 0 unspecified atom stereocenters. The molecular weight excluding hydrogens is 332 g/mol. The summed E-state index contributed by atoms with van der Waals surface area (Å²) in [5.74, 6) is 1.38. The zero-order valence-corrected chi connectivity index (χ0v) is 15.9. The molecule has 0 saturated carbocycles. The van der Waals surface area contributed by atoms with Crippen LogP contribution in [0.25, 0.3) is 0 Å². The molecule has 6 heteroatoms. The lowest BCUT2D eigenvalue weighted by atomic mass is 10.1. The second-order valence-corrected chi connectivity index (χ2v) is 5.96. The van der Waals surface area contributed by atoms with Gasteiger partial charge >= 0.3 is 0 Å². The average Bonchev–Trinajstić information content (AvgIpc) is 2.63. The second-order valence-electron chi connectivity index (χ2n) is 5.96. The van der Waals surface area contributed by atoms with Crippen LogP contribution >= 0.6 is 0 Å². The van der Waals surface area contributed by atoms with E-state index in [0.717, 1.165) is 11.3 Å². The van der Waals surface area contributed by atoms with Crippen LogP contribution in [-0.4, -0.2) is 33.8 Å². The predicted octanol–water partition coefficient (Wildman–Crippen LogP) is 3.77. The van der Waals surface area contributed by atoms with Crippen LogP contribution in [0, 0.1) is 13.8 Å². The van der Waals surface area contributed by atoms with Gasteiger partial charge in [0.15, 0.2) is 11.5 Å². The first-order valence-electron chi connectivity index (χ1n) is 8.39. The summed E-state index contributed by atoms with van der Waals surface area (Å²) in [5.41, 5.74) is 3.97. The molecule has 26 heavy (non-hydrogen) atoms. The summed E-state index contributed by atoms with van der Waals surface area (Å²) in [6.07, 6.45) is 0.337. The topological polar surface area (TPSA) is 68.8 Å². The number of amides is 1. The van der Waals surface area contributed by atoms with E-state index in [0.29, 0.717) is 35.9 Å². The summed E-state index contributed by atoms with van der Waals surface area (Å²) < 4.78 is 15.9. The molecule has 0 bridgehead atoms. The van der Waals surface area contributed by atoms with Crippen molar-refractivity contribution in [2.24, 2.45) is 0 Å². The summed E-state index contributed by atoms with van der Waals surface area (Å²) in [5, 5.41) is 6.16. The smallest absolute Gasteiger partial charge is 0.226 e. The Labute approximate surface area is 154 Å². The van der Waals surface area contributed by atoms with Crippen LogP contribution in [0.3, 0.4) is 0 Å². The van der Waals surface area contributed by atoms with Crippen LogP contribution in [-0.2, 0) is 4.79 Å². The molecule has 0 radical (unpaired) electrons. The lowest BCUT2D eigenvalue weighted by molar-refractivity contribution is -0.115. The van der Waals surface area contributed by atoms with Crippen molar-refractivity contribution >= 4 is 17.3 Å². The normalized spacial score (nSPS) is 10.2. The largest absolute Gasteiger partial charge is 0.493 e. The highest BCUT2D eigenvalue weighted by Crippen LogP contribution is 2.39. The average molecular weight is 358 g/mol. The van der Waals surface area contributed by atoms with Gasteiger partial charge in [-0.25, -0.2) is 0 Å². The van der Waals surface area contributed by atoms with Gasteiger partial charge in [-0.15, -0.1) is 0 Å². The van der Waals surface area contributed by atoms with Crippen LogP contribution in [0.2, 0.25) is 0 Å². The quantitative estimate of drug-likeness (QED) is 0.752. The third-order valence-electron chi connectivity index (χ3n) is 4.01. The molecule has 6 nitrogen and oxygen atoms in total. The number of carbonyl (C=O) groups excluding carboxylic acids is 1. The SMILES string of the molecule is COc1cc(NC(=O)CCNc2cc(C)ccc2C)cc(OC)c1OC. The van der Waals surface area contributed by atoms with E-state index in [9.17, 15) is 4.79 Å². The zero-order valence-electron chi connectivity index (χ0n) is 15.9. The molecule has 2 aromatic carbocycles. The molecule has 0 atom stereocenters. The lowest BCUT2D eigenvalue weighted by Crippen LogP contribution is -2.16. The van der Waals surface area contributed by atoms with Gasteiger partial charge in [-0.3, -0.25) is 4.79 Å². The Kier molecular flexibility index (Phi) is 6.72. The fraction of sp³-hybridized carbons (Fsp3) is 0.350. The van der Waals surface area contributed by atoms with Gasteiger partial charge in [0.1, 0.15) is 0 Å². The lowest BCUT2D eigenvalue weighted by Gasteiger charge is -2.15. The maximum Gasteiger partial charge on any atom is 0.226 e. The van der Waals surface area contributed by atoms with Crippen molar-refractivity contribution < 1.29 is 19.0 Å². The molecule has 0 aliphatic rings. The minimum atomic E-state index is -0.0999. The van der Waals surface area contributed by atoms with Gasteiger partial charge in [0.05, 0.1) is 21.3 Å². The minimum absolute atomic E-state index is 0.0999. The molecule has 0 aliphatic heterocycles. The van der Waals surface area contributed by atoms with Gasteiger partial charge in [0.2, 0.25) is 11.7 Å². The fourth-order valence-electron chi connectivity index (χ4n) is 2.61. The Bertz CT molecular complexity index is 749. The van der Waals surface area contributed by atoms with E-state index >= 15 is 0 Å². The van der Waals surface area contributed by atoms with Crippen LogP contribution < -0.4 is 24.8 Å². The first-order chi connectivity index (χ1) is 12.5. The number of aryl methyl sites for hydroxylation is 2. The number of benzene rings is 2. The Morgan fingerprint density at radius 3 is 2.19 bits per heavy atom. The molecular formula is C20H26N2O4. The number of carbonyl (C=O) groups is 1. The predicted molar refractivity (Wildman–Crippen MR) is 104 cm³/mol. The molecule has 0 aromatic heterocycles. The van der Waals surface area contributed by atoms with E-state index in [1.807, 2.05) is 13.8 Å². The summed E-state index contributed by atoms with van der Waals surface area (Å²) >= 11 is 0. The minimum Gasteiger partial charge on any atom is -0.493 e. The van der Waals surface area contributed by atoms with E-state index in [2.05, 4.69) is 28.8 Å². The van der Waals surface area contributed by atoms with Crippen molar-refractivity contribution in [3.63, 3.8) is 0 Å². The Morgan fingerprint density at radius 2 is 1.62 bits per heavy atom. The van der Waals surface area contributed by atoms with Crippen molar-refractivity contribution in [1.29, 1.82) is 0 Å². The van der Waals surface area contributed by atoms with Crippen molar-refractivity contribution in [1.82, 2.24) is 0 Å². The maximum absolute atomic E-state index is 12.2. The number of nitrogens with one attached hydrogen (secondary N) is 2. The number of anilines is 2. The Balaban J connectivity index is 1.98. The van der Waals surface area contributed by atoms with Gasteiger partial charge in [0, 0.05) is 36.5 Å². The highest BCUT2D eigenvalue weighted by molar-refractivity contribution is 5.91. The molecule has 2 rings (SSSR count). The van der Waals surface area contributed by atoms with Crippen molar-refractivity contribution in [3.8, 4) is 17.2 Å². The molecule has 1 amide bonds. The Morgan fingerprint density at radius 1 is 0.962 bits per heavy atom. The van der Waals surface area contributed by atoms with E-state index in [1.54, 1.807) is 12.1 Å². The standard InChI is InChI=1S/C20H26N2O4/c1-13-6-7-14(2)16(10-13)21-9-8-19(23)22-15-11-17(24-3)20(26-5)18(12-15)25-4/h6-7,10-12,21H,8-9H2,1-5H3,(H,22,23).